The largest absolute Gasteiger partial charge is 0.379 e. The van der Waals surface area contributed by atoms with Crippen molar-refractivity contribution in [3.63, 3.8) is 0 Å². The van der Waals surface area contributed by atoms with Crippen molar-refractivity contribution in [3.05, 3.63) is 59.7 Å². The van der Waals surface area contributed by atoms with Crippen LogP contribution in [0.2, 0.25) is 0 Å². The molecule has 1 unspecified atom stereocenters. The molecule has 2 rings (SSSR count). The molecule has 0 saturated carbocycles. The molecule has 1 atom stereocenters. The summed E-state index contributed by atoms with van der Waals surface area (Å²) in [7, 11) is 0. The lowest BCUT2D eigenvalue weighted by atomic mass is 10.1. The van der Waals surface area contributed by atoms with E-state index in [0.717, 1.165) is 11.8 Å². The fourth-order valence-electron chi connectivity index (χ4n) is 2.01. The topological polar surface area (TPSA) is 41.1 Å². The maximum absolute atomic E-state index is 13.2. The molecule has 0 fully saturated rings. The summed E-state index contributed by atoms with van der Waals surface area (Å²) >= 11 is 0. The van der Waals surface area contributed by atoms with Gasteiger partial charge in [-0.05, 0) is 48.9 Å². The average Bonchev–Trinajstić information content (AvgIpc) is 2.39. The fourth-order valence-corrected chi connectivity index (χ4v) is 2.01. The fraction of sp³-hybridized carbons (Fsp3) is 0.188. The second kappa shape index (κ2) is 6.35. The predicted octanol–water partition coefficient (Wildman–Crippen LogP) is 4.10. The third-order valence-electron chi connectivity index (χ3n) is 2.97. The zero-order chi connectivity index (χ0) is 15.4. The van der Waals surface area contributed by atoms with Crippen LogP contribution in [0.3, 0.4) is 0 Å². The van der Waals surface area contributed by atoms with Gasteiger partial charge in [-0.25, -0.2) is 8.78 Å². The molecule has 0 bridgehead atoms. The second-order valence-corrected chi connectivity index (χ2v) is 4.83. The Balaban J connectivity index is 2.08. The molecule has 110 valence electrons. The first-order chi connectivity index (χ1) is 9.94. The first-order valence-electron chi connectivity index (χ1n) is 6.54. The normalized spacial score (nSPS) is 11.8. The number of hydrogen-bond acceptors (Lipinski definition) is 2. The SMILES string of the molecule is CC(=O)Nc1ccc(NC(C)c2cc(F)cc(F)c2)cc1. The highest BCUT2D eigenvalue weighted by atomic mass is 19.1. The van der Waals surface area contributed by atoms with Gasteiger partial charge in [0.25, 0.3) is 0 Å². The molecule has 0 aliphatic carbocycles. The maximum atomic E-state index is 13.2. The van der Waals surface area contributed by atoms with Gasteiger partial charge in [-0.15, -0.1) is 0 Å². The molecule has 0 radical (unpaired) electrons. The molecule has 2 aromatic carbocycles. The Bertz CT molecular complexity index is 621. The van der Waals surface area contributed by atoms with Crippen LogP contribution in [-0.4, -0.2) is 5.91 Å². The summed E-state index contributed by atoms with van der Waals surface area (Å²) < 4.78 is 26.4. The van der Waals surface area contributed by atoms with Gasteiger partial charge in [0.1, 0.15) is 11.6 Å². The molecule has 0 spiro atoms. The molecule has 0 aliphatic rings. The van der Waals surface area contributed by atoms with E-state index in [0.29, 0.717) is 11.3 Å². The van der Waals surface area contributed by atoms with Gasteiger partial charge in [-0.3, -0.25) is 4.79 Å². The van der Waals surface area contributed by atoms with Crippen LogP contribution < -0.4 is 10.6 Å². The number of nitrogens with one attached hydrogen (secondary N) is 2. The zero-order valence-electron chi connectivity index (χ0n) is 11.8. The lowest BCUT2D eigenvalue weighted by Gasteiger charge is -2.16. The number of halogens is 2. The van der Waals surface area contributed by atoms with Crippen molar-refractivity contribution in [3.8, 4) is 0 Å². The summed E-state index contributed by atoms with van der Waals surface area (Å²) in [5, 5.41) is 5.81. The van der Waals surface area contributed by atoms with Gasteiger partial charge in [0.05, 0.1) is 0 Å². The summed E-state index contributed by atoms with van der Waals surface area (Å²) in [6, 6.07) is 10.3. The van der Waals surface area contributed by atoms with Crippen LogP contribution >= 0.6 is 0 Å². The number of carbonyl (C=O) groups is 1. The monoisotopic (exact) mass is 290 g/mol. The molecule has 2 aromatic rings. The van der Waals surface area contributed by atoms with E-state index in [-0.39, 0.29) is 11.9 Å². The molecule has 2 N–H and O–H groups in total. The quantitative estimate of drug-likeness (QED) is 0.890. The summed E-state index contributed by atoms with van der Waals surface area (Å²) in [4.78, 5) is 10.9. The second-order valence-electron chi connectivity index (χ2n) is 4.83. The Hall–Kier alpha value is -2.43. The van der Waals surface area contributed by atoms with Crippen LogP contribution in [0.25, 0.3) is 0 Å². The molecular weight excluding hydrogens is 274 g/mol. The van der Waals surface area contributed by atoms with Gasteiger partial charge in [-0.1, -0.05) is 0 Å². The number of amides is 1. The number of hydrogen-bond donors (Lipinski definition) is 2. The van der Waals surface area contributed by atoms with Crippen molar-refractivity contribution in [2.24, 2.45) is 0 Å². The molecule has 5 heteroatoms. The molecule has 21 heavy (non-hydrogen) atoms. The highest BCUT2D eigenvalue weighted by Crippen LogP contribution is 2.22. The van der Waals surface area contributed by atoms with Crippen LogP contribution in [0.4, 0.5) is 20.2 Å². The van der Waals surface area contributed by atoms with E-state index in [9.17, 15) is 13.6 Å². The van der Waals surface area contributed by atoms with Gasteiger partial charge >= 0.3 is 0 Å². The van der Waals surface area contributed by atoms with Gasteiger partial charge in [-0.2, -0.15) is 0 Å². The third-order valence-corrected chi connectivity index (χ3v) is 2.97. The van der Waals surface area contributed by atoms with E-state index in [1.54, 1.807) is 24.3 Å². The molecule has 3 nitrogen and oxygen atoms in total. The summed E-state index contributed by atoms with van der Waals surface area (Å²) in [6.07, 6.45) is 0. The highest BCUT2D eigenvalue weighted by molar-refractivity contribution is 5.88. The zero-order valence-corrected chi connectivity index (χ0v) is 11.8. The van der Waals surface area contributed by atoms with Crippen molar-refractivity contribution < 1.29 is 13.6 Å². The van der Waals surface area contributed by atoms with Crippen molar-refractivity contribution in [1.29, 1.82) is 0 Å². The molecule has 0 aromatic heterocycles. The molecule has 0 aliphatic heterocycles. The van der Waals surface area contributed by atoms with Crippen LogP contribution in [0.5, 0.6) is 0 Å². The van der Waals surface area contributed by atoms with Crippen molar-refractivity contribution in [1.82, 2.24) is 0 Å². The van der Waals surface area contributed by atoms with Gasteiger partial charge in [0, 0.05) is 30.4 Å². The van der Waals surface area contributed by atoms with Crippen LogP contribution in [0.1, 0.15) is 25.5 Å². The van der Waals surface area contributed by atoms with E-state index in [2.05, 4.69) is 10.6 Å². The lowest BCUT2D eigenvalue weighted by molar-refractivity contribution is -0.114. The highest BCUT2D eigenvalue weighted by Gasteiger charge is 2.08. The minimum atomic E-state index is -0.598. The Morgan fingerprint density at radius 3 is 2.05 bits per heavy atom. The maximum Gasteiger partial charge on any atom is 0.221 e. The number of anilines is 2. The first kappa shape index (κ1) is 15.0. The van der Waals surface area contributed by atoms with Gasteiger partial charge < -0.3 is 10.6 Å². The summed E-state index contributed by atoms with van der Waals surface area (Å²) in [5.74, 6) is -1.33. The summed E-state index contributed by atoms with van der Waals surface area (Å²) in [5.41, 5.74) is 2.01. The number of benzene rings is 2. The molecule has 1 amide bonds. The van der Waals surface area contributed by atoms with E-state index in [4.69, 9.17) is 0 Å². The average molecular weight is 290 g/mol. The first-order valence-corrected chi connectivity index (χ1v) is 6.54. The Labute approximate surface area is 122 Å². The number of carbonyl (C=O) groups excluding carboxylic acids is 1. The van der Waals surface area contributed by atoms with E-state index >= 15 is 0 Å². The van der Waals surface area contributed by atoms with Crippen LogP contribution in [0, 0.1) is 11.6 Å². The lowest BCUT2D eigenvalue weighted by Crippen LogP contribution is -2.08. The van der Waals surface area contributed by atoms with E-state index in [1.807, 2.05) is 6.92 Å². The van der Waals surface area contributed by atoms with Crippen molar-refractivity contribution in [2.45, 2.75) is 19.9 Å². The smallest absolute Gasteiger partial charge is 0.221 e. The Morgan fingerprint density at radius 2 is 1.52 bits per heavy atom. The van der Waals surface area contributed by atoms with Crippen LogP contribution in [-0.2, 0) is 4.79 Å². The number of rotatable bonds is 4. The summed E-state index contributed by atoms with van der Waals surface area (Å²) in [6.45, 7) is 3.25. The Kier molecular flexibility index (Phi) is 4.52. The third kappa shape index (κ3) is 4.27. The van der Waals surface area contributed by atoms with Gasteiger partial charge in [0.2, 0.25) is 5.91 Å². The van der Waals surface area contributed by atoms with Gasteiger partial charge in [0.15, 0.2) is 0 Å². The molecule has 0 saturated heterocycles. The standard InChI is InChI=1S/C16H16F2N2O/c1-10(12-7-13(17)9-14(18)8-12)19-15-3-5-16(6-4-15)20-11(2)21/h3-10,19H,1-2H3,(H,20,21). The van der Waals surface area contributed by atoms with Crippen LogP contribution in [0.15, 0.2) is 42.5 Å². The van der Waals surface area contributed by atoms with Crippen molar-refractivity contribution in [2.75, 3.05) is 10.6 Å². The minimum Gasteiger partial charge on any atom is -0.379 e. The Morgan fingerprint density at radius 1 is 1.00 bits per heavy atom. The predicted molar refractivity (Wildman–Crippen MR) is 79.1 cm³/mol. The molecular formula is C16H16F2N2O. The van der Waals surface area contributed by atoms with Crippen molar-refractivity contribution >= 4 is 17.3 Å². The minimum absolute atomic E-state index is 0.140. The van der Waals surface area contributed by atoms with E-state index < -0.39 is 11.6 Å². The van der Waals surface area contributed by atoms with E-state index in [1.165, 1.54) is 19.1 Å². The molecule has 0 heterocycles.